The monoisotopic (exact) mass is 340 g/mol. The van der Waals surface area contributed by atoms with Crippen molar-refractivity contribution >= 4 is 11.6 Å². The zero-order chi connectivity index (χ0) is 17.6. The van der Waals surface area contributed by atoms with Crippen molar-refractivity contribution in [3.8, 4) is 11.5 Å². The van der Waals surface area contributed by atoms with Crippen molar-refractivity contribution in [2.45, 2.75) is 38.8 Å². The summed E-state index contributed by atoms with van der Waals surface area (Å²) < 4.78 is 10.6. The number of carbonyl (C=O) groups excluding carboxylic acids is 1. The predicted molar refractivity (Wildman–Crippen MR) is 98.0 cm³/mol. The maximum absolute atomic E-state index is 12.4. The first-order chi connectivity index (χ1) is 12.1. The molecule has 132 valence electrons. The van der Waals surface area contributed by atoms with Gasteiger partial charge in [0.1, 0.15) is 6.04 Å². The molecule has 0 aromatic heterocycles. The molecule has 2 aromatic carbocycles. The standard InChI is InChI=1S/C20H24N2O3/c1-14(8-9-16-6-4-3-5-7-16)21-20(23)15(2)22-17-10-11-18-19(12-17)25-13-24-18/h3-7,10-12,14-15,22H,8-9,13H2,1-2H3,(H,21,23)/t14-,15-/m1/s1. The normalized spacial score (nSPS) is 14.6. The van der Waals surface area contributed by atoms with Gasteiger partial charge in [-0.3, -0.25) is 4.79 Å². The summed E-state index contributed by atoms with van der Waals surface area (Å²) in [6.45, 7) is 4.13. The highest BCUT2D eigenvalue weighted by molar-refractivity contribution is 5.84. The average molecular weight is 340 g/mol. The van der Waals surface area contributed by atoms with Gasteiger partial charge in [0.2, 0.25) is 12.7 Å². The fraction of sp³-hybridized carbons (Fsp3) is 0.350. The smallest absolute Gasteiger partial charge is 0.242 e. The highest BCUT2D eigenvalue weighted by Crippen LogP contribution is 2.34. The van der Waals surface area contributed by atoms with Gasteiger partial charge >= 0.3 is 0 Å². The first-order valence-corrected chi connectivity index (χ1v) is 8.62. The summed E-state index contributed by atoms with van der Waals surface area (Å²) in [7, 11) is 0. The van der Waals surface area contributed by atoms with Crippen molar-refractivity contribution in [3.05, 3.63) is 54.1 Å². The van der Waals surface area contributed by atoms with Crippen molar-refractivity contribution in [2.24, 2.45) is 0 Å². The number of hydrogen-bond acceptors (Lipinski definition) is 4. The Kier molecular flexibility index (Phi) is 5.43. The predicted octanol–water partition coefficient (Wildman–Crippen LogP) is 3.35. The van der Waals surface area contributed by atoms with Crippen LogP contribution >= 0.6 is 0 Å². The minimum Gasteiger partial charge on any atom is -0.454 e. The Morgan fingerprint density at radius 3 is 2.64 bits per heavy atom. The van der Waals surface area contributed by atoms with Gasteiger partial charge in [0.05, 0.1) is 0 Å². The molecule has 1 heterocycles. The van der Waals surface area contributed by atoms with E-state index in [0.29, 0.717) is 5.75 Å². The number of fused-ring (bicyclic) bond motifs is 1. The van der Waals surface area contributed by atoms with Gasteiger partial charge in [0.15, 0.2) is 11.5 Å². The molecule has 0 fully saturated rings. The van der Waals surface area contributed by atoms with Crippen LogP contribution in [0, 0.1) is 0 Å². The minimum atomic E-state index is -0.334. The fourth-order valence-electron chi connectivity index (χ4n) is 2.77. The molecule has 0 bridgehead atoms. The Balaban J connectivity index is 1.47. The molecule has 0 spiro atoms. The van der Waals surface area contributed by atoms with E-state index >= 15 is 0 Å². The van der Waals surface area contributed by atoms with Crippen LogP contribution in [0.3, 0.4) is 0 Å². The summed E-state index contributed by atoms with van der Waals surface area (Å²) >= 11 is 0. The van der Waals surface area contributed by atoms with Gasteiger partial charge in [0.25, 0.3) is 0 Å². The third kappa shape index (κ3) is 4.66. The van der Waals surface area contributed by atoms with Gasteiger partial charge in [-0.1, -0.05) is 30.3 Å². The highest BCUT2D eigenvalue weighted by Gasteiger charge is 2.17. The summed E-state index contributed by atoms with van der Waals surface area (Å²) in [5.41, 5.74) is 2.12. The molecule has 5 heteroatoms. The van der Waals surface area contributed by atoms with Crippen molar-refractivity contribution in [3.63, 3.8) is 0 Å². The first-order valence-electron chi connectivity index (χ1n) is 8.62. The van der Waals surface area contributed by atoms with Crippen LogP contribution in [-0.4, -0.2) is 24.8 Å². The van der Waals surface area contributed by atoms with E-state index in [2.05, 4.69) is 22.8 Å². The van der Waals surface area contributed by atoms with E-state index < -0.39 is 0 Å². The third-order valence-electron chi connectivity index (χ3n) is 4.25. The maximum atomic E-state index is 12.4. The van der Waals surface area contributed by atoms with Crippen LogP contribution in [0.2, 0.25) is 0 Å². The molecule has 1 aliphatic heterocycles. The highest BCUT2D eigenvalue weighted by atomic mass is 16.7. The number of carbonyl (C=O) groups is 1. The Morgan fingerprint density at radius 1 is 1.08 bits per heavy atom. The van der Waals surface area contributed by atoms with E-state index in [0.717, 1.165) is 24.3 Å². The number of nitrogens with one attached hydrogen (secondary N) is 2. The Bertz CT molecular complexity index is 718. The molecule has 3 rings (SSSR count). The minimum absolute atomic E-state index is 0.0155. The lowest BCUT2D eigenvalue weighted by atomic mass is 10.1. The molecular weight excluding hydrogens is 316 g/mol. The number of rotatable bonds is 7. The lowest BCUT2D eigenvalue weighted by Crippen LogP contribution is -2.42. The van der Waals surface area contributed by atoms with Gasteiger partial charge in [-0.25, -0.2) is 0 Å². The molecule has 1 aliphatic rings. The maximum Gasteiger partial charge on any atom is 0.242 e. The second-order valence-corrected chi connectivity index (χ2v) is 6.37. The van der Waals surface area contributed by atoms with Gasteiger partial charge < -0.3 is 20.1 Å². The topological polar surface area (TPSA) is 59.6 Å². The van der Waals surface area contributed by atoms with Crippen LogP contribution in [0.5, 0.6) is 11.5 Å². The van der Waals surface area contributed by atoms with Crippen molar-refractivity contribution < 1.29 is 14.3 Å². The van der Waals surface area contributed by atoms with Crippen LogP contribution in [0.4, 0.5) is 5.69 Å². The van der Waals surface area contributed by atoms with Gasteiger partial charge in [-0.05, 0) is 44.4 Å². The van der Waals surface area contributed by atoms with Crippen molar-refractivity contribution in [2.75, 3.05) is 12.1 Å². The Labute approximate surface area is 148 Å². The van der Waals surface area contributed by atoms with E-state index in [1.165, 1.54) is 5.56 Å². The summed E-state index contributed by atoms with van der Waals surface area (Å²) in [4.78, 5) is 12.4. The third-order valence-corrected chi connectivity index (χ3v) is 4.25. The zero-order valence-electron chi connectivity index (χ0n) is 14.6. The van der Waals surface area contributed by atoms with E-state index in [1.54, 1.807) is 0 Å². The van der Waals surface area contributed by atoms with Gasteiger partial charge in [-0.15, -0.1) is 0 Å². The number of hydrogen-bond donors (Lipinski definition) is 2. The number of aryl methyl sites for hydroxylation is 1. The number of ether oxygens (including phenoxy) is 2. The summed E-state index contributed by atoms with van der Waals surface area (Å²) in [6, 6.07) is 15.7. The van der Waals surface area contributed by atoms with Crippen molar-refractivity contribution in [1.82, 2.24) is 5.32 Å². The lowest BCUT2D eigenvalue weighted by molar-refractivity contribution is -0.122. The van der Waals surface area contributed by atoms with Gasteiger partial charge in [0, 0.05) is 17.8 Å². The number of anilines is 1. The van der Waals surface area contributed by atoms with Crippen LogP contribution in [0.1, 0.15) is 25.8 Å². The van der Waals surface area contributed by atoms with Gasteiger partial charge in [-0.2, -0.15) is 0 Å². The quantitative estimate of drug-likeness (QED) is 0.811. The van der Waals surface area contributed by atoms with E-state index in [-0.39, 0.29) is 24.8 Å². The molecular formula is C20H24N2O3. The average Bonchev–Trinajstić information content (AvgIpc) is 3.08. The van der Waals surface area contributed by atoms with E-state index in [4.69, 9.17) is 9.47 Å². The van der Waals surface area contributed by atoms with E-state index in [9.17, 15) is 4.79 Å². The Morgan fingerprint density at radius 2 is 1.84 bits per heavy atom. The second kappa shape index (κ2) is 7.92. The van der Waals surface area contributed by atoms with Crippen LogP contribution in [-0.2, 0) is 11.2 Å². The molecule has 1 amide bonds. The molecule has 5 nitrogen and oxygen atoms in total. The fourth-order valence-corrected chi connectivity index (χ4v) is 2.77. The summed E-state index contributed by atoms with van der Waals surface area (Å²) in [6.07, 6.45) is 1.86. The second-order valence-electron chi connectivity index (χ2n) is 6.37. The number of amides is 1. The SMILES string of the molecule is C[C@H](CCc1ccccc1)NC(=O)[C@@H](C)Nc1ccc2c(c1)OCO2. The molecule has 2 N–H and O–H groups in total. The Hall–Kier alpha value is -2.69. The first kappa shape index (κ1) is 17.1. The number of benzene rings is 2. The summed E-state index contributed by atoms with van der Waals surface area (Å²) in [5.74, 6) is 1.42. The summed E-state index contributed by atoms with van der Waals surface area (Å²) in [5, 5.41) is 6.27. The zero-order valence-corrected chi connectivity index (χ0v) is 14.6. The molecule has 0 radical (unpaired) electrons. The van der Waals surface area contributed by atoms with Crippen LogP contribution < -0.4 is 20.1 Å². The van der Waals surface area contributed by atoms with Crippen molar-refractivity contribution in [1.29, 1.82) is 0 Å². The largest absolute Gasteiger partial charge is 0.454 e. The molecule has 2 aromatic rings. The molecule has 2 atom stereocenters. The van der Waals surface area contributed by atoms with Crippen LogP contribution in [0.25, 0.3) is 0 Å². The van der Waals surface area contributed by atoms with Crippen LogP contribution in [0.15, 0.2) is 48.5 Å². The molecule has 0 saturated carbocycles. The van der Waals surface area contributed by atoms with E-state index in [1.807, 2.05) is 50.2 Å². The molecule has 0 unspecified atom stereocenters. The molecule has 0 saturated heterocycles. The lowest BCUT2D eigenvalue weighted by Gasteiger charge is -2.19. The molecule has 25 heavy (non-hydrogen) atoms. The molecule has 0 aliphatic carbocycles.